The molecule has 7 aromatic rings. The van der Waals surface area contributed by atoms with Gasteiger partial charge in [0.25, 0.3) is 6.71 Å². The molecule has 0 spiro atoms. The molecule has 4 heteroatoms. The van der Waals surface area contributed by atoms with Crippen molar-refractivity contribution in [3.05, 3.63) is 184 Å². The summed E-state index contributed by atoms with van der Waals surface area (Å²) in [7, 11) is 0. The van der Waals surface area contributed by atoms with Gasteiger partial charge >= 0.3 is 0 Å². The van der Waals surface area contributed by atoms with Gasteiger partial charge in [0.2, 0.25) is 0 Å². The number of nitrogens with zero attached hydrogens (tertiary/aromatic N) is 3. The number of hydrogen-bond donors (Lipinski definition) is 0. The highest BCUT2D eigenvalue weighted by Crippen LogP contribution is 2.65. The molecule has 2 unspecified atom stereocenters. The van der Waals surface area contributed by atoms with Crippen LogP contribution in [0.4, 0.5) is 45.5 Å². The number of benzene rings is 7. The van der Waals surface area contributed by atoms with Gasteiger partial charge in [-0.05, 0) is 168 Å². The normalized spacial score (nSPS) is 19.4. The van der Waals surface area contributed by atoms with Crippen molar-refractivity contribution in [2.45, 2.75) is 201 Å². The third-order valence-corrected chi connectivity index (χ3v) is 18.7. The molecule has 7 aromatic carbocycles. The average molecular weight is 1020 g/mol. The molecule has 1 fully saturated rings. The van der Waals surface area contributed by atoms with Crippen LogP contribution in [0.1, 0.15) is 202 Å². The minimum atomic E-state index is -0.288. The van der Waals surface area contributed by atoms with Crippen LogP contribution in [0.25, 0.3) is 0 Å². The largest absolute Gasteiger partial charge is 0.334 e. The molecule has 398 valence electrons. The Kier molecular flexibility index (Phi) is 12.1. The van der Waals surface area contributed by atoms with Gasteiger partial charge < -0.3 is 14.7 Å². The first-order chi connectivity index (χ1) is 35.8. The highest BCUT2D eigenvalue weighted by Gasteiger charge is 2.62. The van der Waals surface area contributed by atoms with Gasteiger partial charge in [0.05, 0.1) is 5.54 Å². The smallest absolute Gasteiger partial charge is 0.252 e. The highest BCUT2D eigenvalue weighted by atomic mass is 15.3. The van der Waals surface area contributed by atoms with Gasteiger partial charge in [-0.2, -0.15) is 0 Å². The second kappa shape index (κ2) is 17.5. The van der Waals surface area contributed by atoms with E-state index >= 15 is 0 Å². The van der Waals surface area contributed by atoms with E-state index in [1.165, 1.54) is 119 Å². The lowest BCUT2D eigenvalue weighted by Gasteiger charge is -2.53. The van der Waals surface area contributed by atoms with Crippen LogP contribution in [-0.4, -0.2) is 12.3 Å². The van der Waals surface area contributed by atoms with Crippen molar-refractivity contribution in [1.82, 2.24) is 0 Å². The molecule has 77 heavy (non-hydrogen) atoms. The van der Waals surface area contributed by atoms with E-state index in [4.69, 9.17) is 0 Å². The van der Waals surface area contributed by atoms with Crippen molar-refractivity contribution in [3.8, 4) is 0 Å². The van der Waals surface area contributed by atoms with Gasteiger partial charge in [0.15, 0.2) is 0 Å². The Morgan fingerprint density at radius 1 is 0.364 bits per heavy atom. The van der Waals surface area contributed by atoms with E-state index in [0.29, 0.717) is 0 Å². The lowest BCUT2D eigenvalue weighted by atomic mass is 9.33. The quantitative estimate of drug-likeness (QED) is 0.163. The summed E-state index contributed by atoms with van der Waals surface area (Å²) in [6.07, 6.45) is 4.55. The van der Waals surface area contributed by atoms with Crippen LogP contribution in [-0.2, 0) is 37.9 Å². The summed E-state index contributed by atoms with van der Waals surface area (Å²) in [5.74, 6) is 0. The monoisotopic (exact) mass is 1020 g/mol. The Balaban J connectivity index is 1.28. The lowest BCUT2D eigenvalue weighted by Crippen LogP contribution is -2.62. The van der Waals surface area contributed by atoms with E-state index in [9.17, 15) is 0 Å². The Bertz CT molecular complexity index is 3440. The van der Waals surface area contributed by atoms with Crippen LogP contribution < -0.4 is 31.1 Å². The zero-order valence-corrected chi connectivity index (χ0v) is 50.5. The molecule has 2 atom stereocenters. The van der Waals surface area contributed by atoms with Crippen LogP contribution in [0.5, 0.6) is 0 Å². The lowest BCUT2D eigenvalue weighted by molar-refractivity contribution is 0.215. The van der Waals surface area contributed by atoms with Gasteiger partial charge in [-0.25, -0.2) is 0 Å². The third kappa shape index (κ3) is 8.51. The van der Waals surface area contributed by atoms with Gasteiger partial charge in [-0.1, -0.05) is 222 Å². The van der Waals surface area contributed by atoms with Crippen molar-refractivity contribution < 1.29 is 0 Å². The second-order valence-electron chi connectivity index (χ2n) is 30.2. The van der Waals surface area contributed by atoms with Gasteiger partial charge in [-0.3, -0.25) is 0 Å². The number of anilines is 8. The summed E-state index contributed by atoms with van der Waals surface area (Å²) in [6.45, 7) is 45.0. The Labute approximate surface area is 465 Å². The predicted molar refractivity (Wildman–Crippen MR) is 335 cm³/mol. The minimum absolute atomic E-state index is 0.00610. The Morgan fingerprint density at radius 3 is 1.40 bits per heavy atom. The Morgan fingerprint density at radius 2 is 0.831 bits per heavy atom. The third-order valence-electron chi connectivity index (χ3n) is 18.7. The fourth-order valence-electron chi connectivity index (χ4n) is 14.0. The zero-order valence-electron chi connectivity index (χ0n) is 50.5. The molecule has 1 aliphatic carbocycles. The zero-order chi connectivity index (χ0) is 55.4. The van der Waals surface area contributed by atoms with Crippen molar-refractivity contribution in [2.75, 3.05) is 14.7 Å². The fraction of sp³-hybridized carbons (Fsp3) is 0.425. The number of fused-ring (bicyclic) bond motifs is 7. The SMILES string of the molecule is CC(C)(C)c1ccc(N2c3ccc(C(C)(C)C)cc3B3c4ccc(C(C)(C)C)cc4N(c4cccc(C(C)(C)C)c4)c4cc(N5c6ccc(C(C)(C)C)cc6C6(c7ccc(C(C)(C)C)cc7)CCCCC56C)cc2c43)cc1. The molecule has 0 saturated heterocycles. The average Bonchev–Trinajstić information content (AvgIpc) is 3.64. The summed E-state index contributed by atoms with van der Waals surface area (Å²) in [4.78, 5) is 8.19. The highest BCUT2D eigenvalue weighted by molar-refractivity contribution is 7.00. The first kappa shape index (κ1) is 53.0. The maximum absolute atomic E-state index is 2.86. The van der Waals surface area contributed by atoms with Crippen LogP contribution in [0.15, 0.2) is 140 Å². The standard InChI is InChI=1S/C73H88BN3/c1-66(2,3)47-25-27-49(28-26-47)73-40-21-20-39-72(73,19)77(60-37-32-51(42-57(60)73)69(10,11)12)56-45-63-65-64(46-56)76(55-24-22-23-50(41-55)68(7,8)9)62-44-53(71(16,17)18)31-36-58(62)74(65)59-43-52(70(13,14)15)33-38-61(59)75(63)54-34-29-48(30-35-54)67(4,5)6/h22-38,41-46H,20-21,39-40H2,1-19H3. The van der Waals surface area contributed by atoms with Gasteiger partial charge in [-0.15, -0.1) is 0 Å². The van der Waals surface area contributed by atoms with E-state index in [1.807, 2.05) is 0 Å². The molecule has 0 amide bonds. The number of rotatable bonds is 4. The molecule has 11 rings (SSSR count). The molecule has 3 nitrogen and oxygen atoms in total. The van der Waals surface area contributed by atoms with Crippen LogP contribution in [0.2, 0.25) is 0 Å². The van der Waals surface area contributed by atoms with Crippen molar-refractivity contribution in [1.29, 1.82) is 0 Å². The molecular formula is C73H88BN3. The Hall–Kier alpha value is -6.00. The van der Waals surface area contributed by atoms with Crippen molar-refractivity contribution in [2.24, 2.45) is 0 Å². The number of hydrogen-bond acceptors (Lipinski definition) is 3. The summed E-state index contributed by atoms with van der Waals surface area (Å²) >= 11 is 0. The van der Waals surface area contributed by atoms with E-state index in [1.54, 1.807) is 0 Å². The molecule has 0 radical (unpaired) electrons. The molecule has 0 N–H and O–H groups in total. The molecular weight excluding hydrogens is 930 g/mol. The summed E-state index contributed by atoms with van der Waals surface area (Å²) < 4.78 is 0. The molecule has 0 bridgehead atoms. The topological polar surface area (TPSA) is 9.72 Å². The molecule has 1 saturated carbocycles. The van der Waals surface area contributed by atoms with Crippen LogP contribution in [0, 0.1) is 0 Å². The molecule has 0 aromatic heterocycles. The summed E-state index contributed by atoms with van der Waals surface area (Å²) in [6, 6.07) is 56.7. The maximum atomic E-state index is 2.86. The predicted octanol–water partition coefficient (Wildman–Crippen LogP) is 18.3. The van der Waals surface area contributed by atoms with E-state index in [0.717, 1.165) is 12.8 Å². The molecule has 3 aliphatic heterocycles. The summed E-state index contributed by atoms with van der Waals surface area (Å²) in [5.41, 5.74) is 24.5. The van der Waals surface area contributed by atoms with Crippen molar-refractivity contribution in [3.63, 3.8) is 0 Å². The van der Waals surface area contributed by atoms with Crippen LogP contribution in [0.3, 0.4) is 0 Å². The van der Waals surface area contributed by atoms with Gasteiger partial charge in [0, 0.05) is 50.9 Å². The second-order valence-corrected chi connectivity index (χ2v) is 30.2. The van der Waals surface area contributed by atoms with E-state index < -0.39 is 0 Å². The van der Waals surface area contributed by atoms with E-state index in [-0.39, 0.29) is 50.2 Å². The first-order valence-electron chi connectivity index (χ1n) is 29.2. The first-order valence-corrected chi connectivity index (χ1v) is 29.2. The fourth-order valence-corrected chi connectivity index (χ4v) is 14.0. The van der Waals surface area contributed by atoms with Crippen molar-refractivity contribution >= 4 is 68.6 Å². The maximum Gasteiger partial charge on any atom is 0.252 e. The minimum Gasteiger partial charge on any atom is -0.334 e. The van der Waals surface area contributed by atoms with Gasteiger partial charge in [0.1, 0.15) is 0 Å². The molecule has 3 heterocycles. The molecule has 4 aliphatic rings. The van der Waals surface area contributed by atoms with E-state index in [2.05, 4.69) is 286 Å². The van der Waals surface area contributed by atoms with Crippen LogP contribution >= 0.6 is 0 Å². The summed E-state index contributed by atoms with van der Waals surface area (Å²) in [5, 5.41) is 0.